The number of anilines is 1. The van der Waals surface area contributed by atoms with Gasteiger partial charge in [-0.2, -0.15) is 4.72 Å². The number of hydrogen-bond donors (Lipinski definition) is 2. The SMILES string of the molecule is O=C1Nc2ccccc2C1NS(=O)(=O)CC(=Nc1ccc(CN2CCOCC2)cc1)c1ccccc1. The number of morpholine rings is 1. The summed E-state index contributed by atoms with van der Waals surface area (Å²) in [6, 6.07) is 23.2. The van der Waals surface area contributed by atoms with Crippen LogP contribution in [0.5, 0.6) is 0 Å². The zero-order chi connectivity index (χ0) is 25.0. The molecule has 0 saturated carbocycles. The summed E-state index contributed by atoms with van der Waals surface area (Å²) in [5.74, 6) is -0.757. The molecule has 2 heterocycles. The molecule has 0 radical (unpaired) electrons. The first-order valence-electron chi connectivity index (χ1n) is 11.9. The maximum Gasteiger partial charge on any atom is 0.247 e. The van der Waals surface area contributed by atoms with E-state index in [1.165, 1.54) is 0 Å². The van der Waals surface area contributed by atoms with Gasteiger partial charge in [-0.25, -0.2) is 8.42 Å². The van der Waals surface area contributed by atoms with Crippen molar-refractivity contribution in [1.29, 1.82) is 0 Å². The number of aliphatic imine (C=N–C) groups is 1. The highest BCUT2D eigenvalue weighted by Crippen LogP contribution is 2.30. The van der Waals surface area contributed by atoms with Gasteiger partial charge in [-0.05, 0) is 29.3 Å². The predicted molar refractivity (Wildman–Crippen MR) is 140 cm³/mol. The third kappa shape index (κ3) is 5.88. The van der Waals surface area contributed by atoms with Gasteiger partial charge in [-0.3, -0.25) is 14.7 Å². The zero-order valence-corrected chi connectivity index (χ0v) is 20.6. The van der Waals surface area contributed by atoms with Crippen LogP contribution in [0.4, 0.5) is 11.4 Å². The first-order chi connectivity index (χ1) is 17.5. The molecule has 0 bridgehead atoms. The number of para-hydroxylation sites is 1. The van der Waals surface area contributed by atoms with Crippen molar-refractivity contribution < 1.29 is 17.9 Å². The van der Waals surface area contributed by atoms with Crippen LogP contribution in [0.1, 0.15) is 22.7 Å². The number of ether oxygens (including phenoxy) is 1. The molecular formula is C27H28N4O4S. The van der Waals surface area contributed by atoms with Gasteiger partial charge in [0, 0.05) is 30.9 Å². The van der Waals surface area contributed by atoms with E-state index in [0.717, 1.165) is 38.4 Å². The van der Waals surface area contributed by atoms with Crippen molar-refractivity contribution in [1.82, 2.24) is 9.62 Å². The van der Waals surface area contributed by atoms with E-state index in [1.54, 1.807) is 24.3 Å². The lowest BCUT2D eigenvalue weighted by Gasteiger charge is -2.26. The van der Waals surface area contributed by atoms with Crippen molar-refractivity contribution in [3.63, 3.8) is 0 Å². The minimum atomic E-state index is -3.90. The van der Waals surface area contributed by atoms with Crippen LogP contribution in [0, 0.1) is 0 Å². The fourth-order valence-electron chi connectivity index (χ4n) is 4.39. The summed E-state index contributed by atoms with van der Waals surface area (Å²) < 4.78 is 34.4. The number of hydrogen-bond acceptors (Lipinski definition) is 6. The fourth-order valence-corrected chi connectivity index (χ4v) is 5.65. The van der Waals surface area contributed by atoms with Crippen LogP contribution >= 0.6 is 0 Å². The van der Waals surface area contributed by atoms with Crippen LogP contribution in [0.25, 0.3) is 0 Å². The lowest BCUT2D eigenvalue weighted by atomic mass is 10.1. The summed E-state index contributed by atoms with van der Waals surface area (Å²) >= 11 is 0. The smallest absolute Gasteiger partial charge is 0.247 e. The molecule has 0 spiro atoms. The van der Waals surface area contributed by atoms with E-state index >= 15 is 0 Å². The highest BCUT2D eigenvalue weighted by atomic mass is 32.2. The Morgan fingerprint density at radius 1 is 0.972 bits per heavy atom. The molecule has 0 aliphatic carbocycles. The summed E-state index contributed by atoms with van der Waals surface area (Å²) in [4.78, 5) is 19.5. The summed E-state index contributed by atoms with van der Waals surface area (Å²) in [5.41, 5.74) is 4.16. The number of fused-ring (bicyclic) bond motifs is 1. The molecule has 9 heteroatoms. The molecule has 1 atom stereocenters. The Labute approximate surface area is 211 Å². The molecule has 2 aliphatic rings. The Bertz CT molecular complexity index is 1350. The molecule has 5 rings (SSSR count). The van der Waals surface area contributed by atoms with E-state index in [9.17, 15) is 13.2 Å². The average Bonchev–Trinajstić information content (AvgIpc) is 3.20. The van der Waals surface area contributed by atoms with Gasteiger partial charge in [0.1, 0.15) is 11.8 Å². The van der Waals surface area contributed by atoms with Crippen molar-refractivity contribution in [3.8, 4) is 0 Å². The number of sulfonamides is 1. The number of nitrogens with zero attached hydrogens (tertiary/aromatic N) is 2. The van der Waals surface area contributed by atoms with Crippen molar-refractivity contribution in [3.05, 3.63) is 95.6 Å². The first-order valence-corrected chi connectivity index (χ1v) is 13.5. The number of amides is 1. The molecule has 186 valence electrons. The summed E-state index contributed by atoms with van der Waals surface area (Å²) in [5, 5.41) is 2.72. The summed E-state index contributed by atoms with van der Waals surface area (Å²) in [6.07, 6.45) is 0. The average molecular weight is 505 g/mol. The maximum atomic E-state index is 13.2. The van der Waals surface area contributed by atoms with Gasteiger partial charge >= 0.3 is 0 Å². The second-order valence-corrected chi connectivity index (χ2v) is 10.6. The third-order valence-corrected chi connectivity index (χ3v) is 7.48. The van der Waals surface area contributed by atoms with Crippen LogP contribution < -0.4 is 10.0 Å². The molecule has 2 aliphatic heterocycles. The number of rotatable bonds is 8. The van der Waals surface area contributed by atoms with Crippen molar-refractivity contribution in [2.45, 2.75) is 12.6 Å². The summed E-state index contributed by atoms with van der Waals surface area (Å²) in [7, 11) is -3.90. The number of carbonyl (C=O) groups excluding carboxylic acids is 1. The van der Waals surface area contributed by atoms with E-state index in [-0.39, 0.29) is 5.75 Å². The standard InChI is InChI=1S/C27H28N4O4S/c32-27-26(23-8-4-5-9-24(23)29-27)30-36(33,34)19-25(21-6-2-1-3-7-21)28-22-12-10-20(11-13-22)18-31-14-16-35-17-15-31/h1-13,26,30H,14-19H2,(H,29,32). The predicted octanol–water partition coefficient (Wildman–Crippen LogP) is 3.25. The molecule has 1 unspecified atom stereocenters. The molecule has 1 fully saturated rings. The monoisotopic (exact) mass is 504 g/mol. The van der Waals surface area contributed by atoms with Gasteiger partial charge in [0.05, 0.1) is 24.6 Å². The number of nitrogens with one attached hydrogen (secondary N) is 2. The Hall–Kier alpha value is -3.37. The molecule has 2 N–H and O–H groups in total. The molecular weight excluding hydrogens is 476 g/mol. The minimum absolute atomic E-state index is 0.363. The van der Waals surface area contributed by atoms with E-state index in [1.807, 2.05) is 54.6 Å². The van der Waals surface area contributed by atoms with Crippen molar-refractivity contribution >= 4 is 33.0 Å². The topological polar surface area (TPSA) is 100 Å². The molecule has 36 heavy (non-hydrogen) atoms. The van der Waals surface area contributed by atoms with E-state index < -0.39 is 22.0 Å². The largest absolute Gasteiger partial charge is 0.379 e. The van der Waals surface area contributed by atoms with E-state index in [0.29, 0.717) is 28.2 Å². The molecule has 8 nitrogen and oxygen atoms in total. The highest BCUT2D eigenvalue weighted by molar-refractivity contribution is 7.90. The number of benzene rings is 3. The third-order valence-electron chi connectivity index (χ3n) is 6.23. The molecule has 1 saturated heterocycles. The Morgan fingerprint density at radius 2 is 1.67 bits per heavy atom. The van der Waals surface area contributed by atoms with Crippen LogP contribution in [0.15, 0.2) is 83.9 Å². The molecule has 0 aromatic heterocycles. The van der Waals surface area contributed by atoms with Gasteiger partial charge < -0.3 is 10.1 Å². The lowest BCUT2D eigenvalue weighted by molar-refractivity contribution is -0.117. The lowest BCUT2D eigenvalue weighted by Crippen LogP contribution is -2.36. The van der Waals surface area contributed by atoms with Crippen LogP contribution in [-0.4, -0.2) is 57.0 Å². The zero-order valence-electron chi connectivity index (χ0n) is 19.8. The van der Waals surface area contributed by atoms with Gasteiger partial charge in [-0.1, -0.05) is 60.7 Å². The normalized spacial score (nSPS) is 18.6. The Morgan fingerprint density at radius 3 is 2.42 bits per heavy atom. The van der Waals surface area contributed by atoms with E-state index in [4.69, 9.17) is 9.73 Å². The highest BCUT2D eigenvalue weighted by Gasteiger charge is 2.34. The van der Waals surface area contributed by atoms with Crippen LogP contribution in [0.2, 0.25) is 0 Å². The summed E-state index contributed by atoms with van der Waals surface area (Å²) in [6.45, 7) is 4.15. The van der Waals surface area contributed by atoms with Crippen molar-refractivity contribution in [2.75, 3.05) is 37.4 Å². The molecule has 1 amide bonds. The molecule has 3 aromatic rings. The van der Waals surface area contributed by atoms with Crippen molar-refractivity contribution in [2.24, 2.45) is 4.99 Å². The van der Waals surface area contributed by atoms with Crippen LogP contribution in [0.3, 0.4) is 0 Å². The van der Waals surface area contributed by atoms with Crippen LogP contribution in [-0.2, 0) is 26.1 Å². The van der Waals surface area contributed by atoms with E-state index in [2.05, 4.69) is 14.9 Å². The fraction of sp³-hybridized carbons (Fsp3) is 0.259. The van der Waals surface area contributed by atoms with Gasteiger partial charge in [0.2, 0.25) is 15.9 Å². The Kier molecular flexibility index (Phi) is 7.24. The van der Waals surface area contributed by atoms with Gasteiger partial charge in [0.15, 0.2) is 0 Å². The Balaban J connectivity index is 1.36. The quantitative estimate of drug-likeness (QED) is 0.459. The second kappa shape index (κ2) is 10.7. The molecule has 3 aromatic carbocycles. The minimum Gasteiger partial charge on any atom is -0.379 e. The second-order valence-electron chi connectivity index (χ2n) is 8.87. The first kappa shape index (κ1) is 24.3. The maximum absolute atomic E-state index is 13.2. The van der Waals surface area contributed by atoms with Gasteiger partial charge in [0.25, 0.3) is 0 Å². The van der Waals surface area contributed by atoms with Gasteiger partial charge in [-0.15, -0.1) is 0 Å². The number of carbonyl (C=O) groups is 1.